The standard InChI is InChI=1S/C32H34N2O2.C2H2O4/c1-35-31-23-27(17-18-30(31)36-25-26-11-5-2-6-12-26)24-33-19-21-34(22-20-33)32(28-13-7-3-8-14-28)29-15-9-4-10-16-29;3-1(4)2(5)6/h2-18,23,32H,19-22,24-25H2,1H3;(H,3,4)(H,5,6). The quantitative estimate of drug-likeness (QED) is 0.261. The minimum atomic E-state index is -1.82. The van der Waals surface area contributed by atoms with Crippen molar-refractivity contribution in [1.82, 2.24) is 9.80 Å². The average molecular weight is 569 g/mol. The second kappa shape index (κ2) is 15.4. The van der Waals surface area contributed by atoms with Crippen LogP contribution in [0.1, 0.15) is 28.3 Å². The van der Waals surface area contributed by atoms with Crippen molar-refractivity contribution in [1.29, 1.82) is 0 Å². The van der Waals surface area contributed by atoms with Gasteiger partial charge in [-0.05, 0) is 34.4 Å². The van der Waals surface area contributed by atoms with Gasteiger partial charge >= 0.3 is 11.9 Å². The molecule has 0 radical (unpaired) electrons. The number of aliphatic carboxylic acids is 2. The molecular weight excluding hydrogens is 532 g/mol. The molecule has 0 aliphatic carbocycles. The molecule has 42 heavy (non-hydrogen) atoms. The third-order valence-electron chi connectivity index (χ3n) is 7.06. The molecule has 4 aromatic rings. The van der Waals surface area contributed by atoms with E-state index >= 15 is 0 Å². The lowest BCUT2D eigenvalue weighted by atomic mass is 9.96. The number of hydrogen-bond acceptors (Lipinski definition) is 6. The van der Waals surface area contributed by atoms with Crippen molar-refractivity contribution in [3.05, 3.63) is 131 Å². The van der Waals surface area contributed by atoms with Crippen LogP contribution >= 0.6 is 0 Å². The number of carboxylic acids is 2. The smallest absolute Gasteiger partial charge is 0.414 e. The molecule has 8 nitrogen and oxygen atoms in total. The van der Waals surface area contributed by atoms with Crippen molar-refractivity contribution >= 4 is 11.9 Å². The van der Waals surface area contributed by atoms with Crippen molar-refractivity contribution < 1.29 is 29.3 Å². The van der Waals surface area contributed by atoms with E-state index in [0.717, 1.165) is 49.8 Å². The topological polar surface area (TPSA) is 99.5 Å². The van der Waals surface area contributed by atoms with Gasteiger partial charge in [0.25, 0.3) is 0 Å². The zero-order chi connectivity index (χ0) is 29.7. The molecule has 5 rings (SSSR count). The highest BCUT2D eigenvalue weighted by Crippen LogP contribution is 2.31. The molecule has 1 aliphatic heterocycles. The second-order valence-electron chi connectivity index (χ2n) is 9.91. The Morgan fingerprint density at radius 2 is 1.21 bits per heavy atom. The Morgan fingerprint density at radius 3 is 1.71 bits per heavy atom. The Kier molecular flexibility index (Phi) is 11.1. The molecule has 0 atom stereocenters. The first-order valence-electron chi connectivity index (χ1n) is 13.8. The van der Waals surface area contributed by atoms with Gasteiger partial charge in [0.15, 0.2) is 11.5 Å². The first kappa shape index (κ1) is 30.3. The fourth-order valence-electron chi connectivity index (χ4n) is 4.99. The molecular formula is C34H36N2O6. The Morgan fingerprint density at radius 1 is 0.690 bits per heavy atom. The molecule has 0 spiro atoms. The Hall–Kier alpha value is -4.66. The van der Waals surface area contributed by atoms with Gasteiger partial charge in [0.1, 0.15) is 6.61 Å². The van der Waals surface area contributed by atoms with Crippen molar-refractivity contribution in [2.24, 2.45) is 0 Å². The molecule has 2 N–H and O–H groups in total. The molecule has 8 heteroatoms. The van der Waals surface area contributed by atoms with Crippen LogP contribution in [-0.2, 0) is 22.7 Å². The van der Waals surface area contributed by atoms with E-state index in [-0.39, 0.29) is 6.04 Å². The minimum absolute atomic E-state index is 0.288. The van der Waals surface area contributed by atoms with E-state index in [1.54, 1.807) is 7.11 Å². The second-order valence-corrected chi connectivity index (χ2v) is 9.91. The van der Waals surface area contributed by atoms with Gasteiger partial charge in [-0.2, -0.15) is 0 Å². The zero-order valence-electron chi connectivity index (χ0n) is 23.6. The summed E-state index contributed by atoms with van der Waals surface area (Å²) in [6.45, 7) is 5.57. The molecule has 1 saturated heterocycles. The summed E-state index contributed by atoms with van der Waals surface area (Å²) in [6, 6.07) is 38.6. The minimum Gasteiger partial charge on any atom is -0.493 e. The molecule has 4 aromatic carbocycles. The maximum atomic E-state index is 9.10. The molecule has 0 bridgehead atoms. The molecule has 1 fully saturated rings. The van der Waals surface area contributed by atoms with Crippen LogP contribution in [0.25, 0.3) is 0 Å². The van der Waals surface area contributed by atoms with E-state index in [0.29, 0.717) is 6.61 Å². The molecule has 0 aromatic heterocycles. The number of methoxy groups -OCH3 is 1. The molecule has 0 saturated carbocycles. The first-order valence-corrected chi connectivity index (χ1v) is 13.8. The largest absolute Gasteiger partial charge is 0.493 e. The predicted octanol–water partition coefficient (Wildman–Crippen LogP) is 5.34. The number of ether oxygens (including phenoxy) is 2. The van der Waals surface area contributed by atoms with Gasteiger partial charge in [-0.25, -0.2) is 9.59 Å². The summed E-state index contributed by atoms with van der Waals surface area (Å²) in [5.41, 5.74) is 5.10. The van der Waals surface area contributed by atoms with E-state index < -0.39 is 11.9 Å². The number of carboxylic acid groups (broad SMARTS) is 2. The Balaban J connectivity index is 0.000000612. The molecule has 0 amide bonds. The van der Waals surface area contributed by atoms with Crippen LogP contribution in [0.4, 0.5) is 0 Å². The summed E-state index contributed by atoms with van der Waals surface area (Å²) in [6.07, 6.45) is 0. The Labute approximate surface area is 246 Å². The molecule has 218 valence electrons. The number of benzene rings is 4. The molecule has 1 aliphatic rings. The summed E-state index contributed by atoms with van der Waals surface area (Å²) in [7, 11) is 1.71. The van der Waals surface area contributed by atoms with E-state index in [2.05, 4.69) is 94.7 Å². The van der Waals surface area contributed by atoms with Gasteiger partial charge < -0.3 is 19.7 Å². The van der Waals surface area contributed by atoms with E-state index in [4.69, 9.17) is 29.3 Å². The van der Waals surface area contributed by atoms with Gasteiger partial charge in [0.05, 0.1) is 13.2 Å². The SMILES string of the molecule is COc1cc(CN2CCN(C(c3ccccc3)c3ccccc3)CC2)ccc1OCc1ccccc1.O=C(O)C(=O)O. The van der Waals surface area contributed by atoms with Crippen LogP contribution in [0.5, 0.6) is 11.5 Å². The fraction of sp³-hybridized carbons (Fsp3) is 0.235. The van der Waals surface area contributed by atoms with Crippen LogP contribution in [0.15, 0.2) is 109 Å². The fourth-order valence-corrected chi connectivity index (χ4v) is 4.99. The maximum Gasteiger partial charge on any atom is 0.414 e. The van der Waals surface area contributed by atoms with Crippen LogP contribution in [0.2, 0.25) is 0 Å². The third kappa shape index (κ3) is 8.67. The monoisotopic (exact) mass is 568 g/mol. The summed E-state index contributed by atoms with van der Waals surface area (Å²) < 4.78 is 11.7. The van der Waals surface area contributed by atoms with Gasteiger partial charge in [0.2, 0.25) is 0 Å². The normalized spacial score (nSPS) is 13.6. The van der Waals surface area contributed by atoms with E-state index in [1.807, 2.05) is 24.3 Å². The van der Waals surface area contributed by atoms with Crippen molar-refractivity contribution in [3.8, 4) is 11.5 Å². The summed E-state index contributed by atoms with van der Waals surface area (Å²) in [4.78, 5) is 23.3. The molecule has 1 heterocycles. The van der Waals surface area contributed by atoms with E-state index in [9.17, 15) is 0 Å². The Bertz CT molecular complexity index is 1360. The number of hydrogen-bond donors (Lipinski definition) is 2. The lowest BCUT2D eigenvalue weighted by Crippen LogP contribution is -2.47. The highest BCUT2D eigenvalue weighted by molar-refractivity contribution is 6.27. The number of rotatable bonds is 9. The summed E-state index contributed by atoms with van der Waals surface area (Å²) in [5, 5.41) is 14.8. The lowest BCUT2D eigenvalue weighted by molar-refractivity contribution is -0.159. The van der Waals surface area contributed by atoms with Crippen LogP contribution in [-0.4, -0.2) is 65.2 Å². The maximum absolute atomic E-state index is 9.10. The molecule has 0 unspecified atom stereocenters. The third-order valence-corrected chi connectivity index (χ3v) is 7.06. The van der Waals surface area contributed by atoms with Crippen molar-refractivity contribution in [3.63, 3.8) is 0 Å². The highest BCUT2D eigenvalue weighted by atomic mass is 16.5. The zero-order valence-corrected chi connectivity index (χ0v) is 23.6. The van der Waals surface area contributed by atoms with Gasteiger partial charge in [0, 0.05) is 32.7 Å². The summed E-state index contributed by atoms with van der Waals surface area (Å²) in [5.74, 6) is -2.08. The van der Waals surface area contributed by atoms with Crippen molar-refractivity contribution in [2.45, 2.75) is 19.2 Å². The van der Waals surface area contributed by atoms with Gasteiger partial charge in [-0.1, -0.05) is 97.1 Å². The van der Waals surface area contributed by atoms with Gasteiger partial charge in [-0.3, -0.25) is 9.80 Å². The first-order chi connectivity index (χ1) is 20.4. The van der Waals surface area contributed by atoms with Crippen LogP contribution in [0, 0.1) is 0 Å². The van der Waals surface area contributed by atoms with E-state index in [1.165, 1.54) is 16.7 Å². The average Bonchev–Trinajstić information content (AvgIpc) is 3.03. The van der Waals surface area contributed by atoms with Crippen molar-refractivity contribution in [2.75, 3.05) is 33.3 Å². The van der Waals surface area contributed by atoms with Gasteiger partial charge in [-0.15, -0.1) is 0 Å². The predicted molar refractivity (Wildman–Crippen MR) is 161 cm³/mol. The number of carbonyl (C=O) groups is 2. The van der Waals surface area contributed by atoms with Crippen LogP contribution < -0.4 is 9.47 Å². The van der Waals surface area contributed by atoms with Crippen LogP contribution in [0.3, 0.4) is 0 Å². The number of piperazine rings is 1. The summed E-state index contributed by atoms with van der Waals surface area (Å²) >= 11 is 0. The highest BCUT2D eigenvalue weighted by Gasteiger charge is 2.26. The lowest BCUT2D eigenvalue weighted by Gasteiger charge is -2.40. The number of nitrogens with zero attached hydrogens (tertiary/aromatic N) is 2.